The highest BCUT2D eigenvalue weighted by Crippen LogP contribution is 2.40. The molecule has 2 amide bonds. The average Bonchev–Trinajstić information content (AvgIpc) is 2.97. The topological polar surface area (TPSA) is 70.1 Å². The van der Waals surface area contributed by atoms with Gasteiger partial charge in [-0.25, -0.2) is 0 Å². The van der Waals surface area contributed by atoms with Crippen LogP contribution in [-0.4, -0.2) is 72.2 Å². The number of likely N-dealkylation sites (tertiary alicyclic amines) is 2. The zero-order valence-electron chi connectivity index (χ0n) is 16.8. The fraction of sp³-hybridized carbons (Fsp3) is 0.905. The molecule has 27 heavy (non-hydrogen) atoms. The third-order valence-corrected chi connectivity index (χ3v) is 6.79. The number of carbonyl (C=O) groups excluding carboxylic acids is 2. The van der Waals surface area contributed by atoms with E-state index in [1.165, 1.54) is 12.8 Å². The third-order valence-electron chi connectivity index (χ3n) is 6.79. The zero-order valence-corrected chi connectivity index (χ0v) is 16.8. The molecule has 0 bridgehead atoms. The van der Waals surface area contributed by atoms with Crippen LogP contribution in [-0.2, 0) is 14.3 Å². The molecule has 3 aliphatic rings. The molecule has 0 aromatic heterocycles. The molecule has 3 fully saturated rings. The summed E-state index contributed by atoms with van der Waals surface area (Å²) in [5, 5.41) is 10.8. The van der Waals surface area contributed by atoms with E-state index in [9.17, 15) is 14.7 Å². The molecule has 2 saturated heterocycles. The summed E-state index contributed by atoms with van der Waals surface area (Å²) in [7, 11) is 0. The summed E-state index contributed by atoms with van der Waals surface area (Å²) < 4.78 is 5.28. The number of aliphatic hydroxyl groups is 1. The first-order valence-corrected chi connectivity index (χ1v) is 10.9. The van der Waals surface area contributed by atoms with Crippen molar-refractivity contribution < 1.29 is 19.4 Å². The van der Waals surface area contributed by atoms with Crippen LogP contribution in [0.5, 0.6) is 0 Å². The van der Waals surface area contributed by atoms with Gasteiger partial charge in [0.15, 0.2) is 0 Å². The molecule has 6 nitrogen and oxygen atoms in total. The number of ether oxygens (including phenoxy) is 1. The van der Waals surface area contributed by atoms with Crippen molar-refractivity contribution >= 4 is 11.8 Å². The molecule has 0 radical (unpaired) electrons. The van der Waals surface area contributed by atoms with E-state index in [4.69, 9.17) is 4.74 Å². The van der Waals surface area contributed by atoms with Gasteiger partial charge in [-0.15, -0.1) is 0 Å². The van der Waals surface area contributed by atoms with Gasteiger partial charge in [-0.2, -0.15) is 0 Å². The van der Waals surface area contributed by atoms with E-state index in [2.05, 4.69) is 0 Å². The summed E-state index contributed by atoms with van der Waals surface area (Å²) in [6.45, 7) is 5.00. The fourth-order valence-corrected chi connectivity index (χ4v) is 5.18. The molecule has 2 heterocycles. The van der Waals surface area contributed by atoms with Crippen molar-refractivity contribution in [3.8, 4) is 0 Å². The van der Waals surface area contributed by atoms with Crippen LogP contribution in [0.15, 0.2) is 0 Å². The molecule has 6 heteroatoms. The Bertz CT molecular complexity index is 518. The third kappa shape index (κ3) is 4.83. The van der Waals surface area contributed by atoms with Gasteiger partial charge in [0.2, 0.25) is 11.8 Å². The molecule has 1 aliphatic carbocycles. The van der Waals surface area contributed by atoms with Gasteiger partial charge in [-0.1, -0.05) is 25.7 Å². The standard InChI is InChI=1S/C21H36N2O4/c1-2-27-14-19(25)22-13-10-18(24)21(15-22)11-7-12-23(16-21)20(26)17-8-5-3-4-6-9-17/h17-18,24H,2-16H2,1H3/t18-,21-/m1/s1. The number of aliphatic hydroxyl groups excluding tert-OH is 1. The second-order valence-corrected chi connectivity index (χ2v) is 8.67. The van der Waals surface area contributed by atoms with E-state index in [1.807, 2.05) is 16.7 Å². The van der Waals surface area contributed by atoms with Gasteiger partial charge in [0, 0.05) is 44.1 Å². The molecular weight excluding hydrogens is 344 g/mol. The van der Waals surface area contributed by atoms with Crippen LogP contribution in [0.4, 0.5) is 0 Å². The smallest absolute Gasteiger partial charge is 0.248 e. The van der Waals surface area contributed by atoms with Crippen molar-refractivity contribution in [2.24, 2.45) is 11.3 Å². The Kier molecular flexibility index (Phi) is 7.15. The van der Waals surface area contributed by atoms with Crippen LogP contribution < -0.4 is 0 Å². The summed E-state index contributed by atoms with van der Waals surface area (Å²) >= 11 is 0. The van der Waals surface area contributed by atoms with E-state index < -0.39 is 6.10 Å². The Morgan fingerprint density at radius 2 is 1.70 bits per heavy atom. The van der Waals surface area contributed by atoms with Crippen LogP contribution in [0.1, 0.15) is 64.7 Å². The summed E-state index contributed by atoms with van der Waals surface area (Å²) in [6, 6.07) is 0. The van der Waals surface area contributed by atoms with Crippen LogP contribution in [0.2, 0.25) is 0 Å². The van der Waals surface area contributed by atoms with Gasteiger partial charge in [0.05, 0.1) is 6.10 Å². The quantitative estimate of drug-likeness (QED) is 0.759. The fourth-order valence-electron chi connectivity index (χ4n) is 5.18. The first-order valence-electron chi connectivity index (χ1n) is 10.9. The highest BCUT2D eigenvalue weighted by molar-refractivity contribution is 5.79. The molecule has 1 saturated carbocycles. The number of amides is 2. The first kappa shape index (κ1) is 20.6. The molecule has 3 rings (SSSR count). The number of carbonyl (C=O) groups is 2. The molecule has 154 valence electrons. The summed E-state index contributed by atoms with van der Waals surface area (Å²) in [6.07, 6.45) is 8.71. The lowest BCUT2D eigenvalue weighted by atomic mass is 9.71. The minimum atomic E-state index is -0.446. The van der Waals surface area contributed by atoms with Gasteiger partial charge in [0.25, 0.3) is 0 Å². The minimum absolute atomic E-state index is 0.00431. The number of nitrogens with zero attached hydrogens (tertiary/aromatic N) is 2. The summed E-state index contributed by atoms with van der Waals surface area (Å²) in [4.78, 5) is 29.4. The highest BCUT2D eigenvalue weighted by atomic mass is 16.5. The average molecular weight is 381 g/mol. The lowest BCUT2D eigenvalue weighted by molar-refractivity contribution is -0.153. The molecule has 0 aromatic rings. The van der Waals surface area contributed by atoms with E-state index in [1.54, 1.807) is 0 Å². The molecule has 2 atom stereocenters. The van der Waals surface area contributed by atoms with Crippen LogP contribution in [0, 0.1) is 11.3 Å². The van der Waals surface area contributed by atoms with Gasteiger partial charge in [-0.3, -0.25) is 9.59 Å². The minimum Gasteiger partial charge on any atom is -0.392 e. The summed E-state index contributed by atoms with van der Waals surface area (Å²) in [5.41, 5.74) is -0.376. The SMILES string of the molecule is CCOCC(=O)N1CC[C@@H](O)[C@]2(CCCN(C(=O)C3CCCCCC3)C2)C1. The number of hydrogen-bond acceptors (Lipinski definition) is 4. The van der Waals surface area contributed by atoms with Crippen LogP contribution in [0.25, 0.3) is 0 Å². The van der Waals surface area contributed by atoms with Crippen molar-refractivity contribution in [2.45, 2.75) is 70.8 Å². The predicted molar refractivity (Wildman–Crippen MR) is 103 cm³/mol. The largest absolute Gasteiger partial charge is 0.392 e. The number of piperidine rings is 2. The Labute approximate surface area is 163 Å². The molecule has 2 aliphatic heterocycles. The Hall–Kier alpha value is -1.14. The van der Waals surface area contributed by atoms with Crippen LogP contribution in [0.3, 0.4) is 0 Å². The lowest BCUT2D eigenvalue weighted by Gasteiger charge is -2.51. The molecule has 0 aromatic carbocycles. The Morgan fingerprint density at radius 1 is 1.00 bits per heavy atom. The van der Waals surface area contributed by atoms with Gasteiger partial charge in [0.1, 0.15) is 6.61 Å². The Morgan fingerprint density at radius 3 is 2.41 bits per heavy atom. The van der Waals surface area contributed by atoms with E-state index in [0.29, 0.717) is 32.7 Å². The van der Waals surface area contributed by atoms with Gasteiger partial charge >= 0.3 is 0 Å². The number of rotatable bonds is 4. The maximum atomic E-state index is 13.1. The van der Waals surface area contributed by atoms with E-state index in [-0.39, 0.29) is 29.8 Å². The normalized spacial score (nSPS) is 30.4. The molecule has 1 spiro atoms. The van der Waals surface area contributed by atoms with Crippen molar-refractivity contribution in [2.75, 3.05) is 39.4 Å². The maximum Gasteiger partial charge on any atom is 0.248 e. The highest BCUT2D eigenvalue weighted by Gasteiger charge is 2.47. The Balaban J connectivity index is 1.66. The van der Waals surface area contributed by atoms with Crippen molar-refractivity contribution in [3.05, 3.63) is 0 Å². The monoisotopic (exact) mass is 380 g/mol. The molecule has 1 N–H and O–H groups in total. The zero-order chi connectivity index (χ0) is 19.3. The molecule has 0 unspecified atom stereocenters. The maximum absolute atomic E-state index is 13.1. The lowest BCUT2D eigenvalue weighted by Crippen LogP contribution is -2.61. The van der Waals surface area contributed by atoms with Crippen molar-refractivity contribution in [1.82, 2.24) is 9.80 Å². The van der Waals surface area contributed by atoms with Crippen molar-refractivity contribution in [1.29, 1.82) is 0 Å². The second-order valence-electron chi connectivity index (χ2n) is 8.67. The van der Waals surface area contributed by atoms with Gasteiger partial charge < -0.3 is 19.6 Å². The van der Waals surface area contributed by atoms with Crippen molar-refractivity contribution in [3.63, 3.8) is 0 Å². The first-order chi connectivity index (χ1) is 13.1. The molecular formula is C21H36N2O4. The second kappa shape index (κ2) is 9.37. The van der Waals surface area contributed by atoms with E-state index in [0.717, 1.165) is 45.1 Å². The van der Waals surface area contributed by atoms with Gasteiger partial charge in [-0.05, 0) is 39.0 Å². The number of hydrogen-bond donors (Lipinski definition) is 1. The van der Waals surface area contributed by atoms with Crippen LogP contribution >= 0.6 is 0 Å². The predicted octanol–water partition coefficient (Wildman–Crippen LogP) is 2.20. The van der Waals surface area contributed by atoms with E-state index >= 15 is 0 Å². The summed E-state index contributed by atoms with van der Waals surface area (Å²) in [5.74, 6) is 0.426.